The van der Waals surface area contributed by atoms with Crippen LogP contribution in [0.3, 0.4) is 0 Å². The smallest absolute Gasteiger partial charge is 0.255 e. The van der Waals surface area contributed by atoms with Crippen LogP contribution in [0.1, 0.15) is 81.0 Å². The van der Waals surface area contributed by atoms with E-state index in [9.17, 15) is 39.9 Å². The first kappa shape index (κ1) is 33.7. The molecule has 9 atom stereocenters. The number of carbonyl (C=O) groups excluding carboxylic acids is 3. The number of rotatable bonds is 6. The third kappa shape index (κ3) is 4.95. The maximum absolute atomic E-state index is 14.3. The molecule has 3 fully saturated rings. The quantitative estimate of drug-likeness (QED) is 0.170. The van der Waals surface area contributed by atoms with Gasteiger partial charge in [0, 0.05) is 22.8 Å². The van der Waals surface area contributed by atoms with Crippen molar-refractivity contribution in [3.8, 4) is 5.75 Å². The van der Waals surface area contributed by atoms with Crippen molar-refractivity contribution in [2.24, 2.45) is 35.3 Å². The van der Waals surface area contributed by atoms with Gasteiger partial charge in [0.2, 0.25) is 5.78 Å². The Kier molecular flexibility index (Phi) is 8.20. The summed E-state index contributed by atoms with van der Waals surface area (Å²) in [5, 5.41) is 63.8. The van der Waals surface area contributed by atoms with Crippen LogP contribution in [0, 0.1) is 29.6 Å². The number of primary amides is 1. The summed E-state index contributed by atoms with van der Waals surface area (Å²) in [6.07, 6.45) is 6.12. The van der Waals surface area contributed by atoms with Crippen molar-refractivity contribution in [1.29, 1.82) is 0 Å². The zero-order chi connectivity index (χ0) is 35.3. The summed E-state index contributed by atoms with van der Waals surface area (Å²) >= 11 is 1.41. The summed E-state index contributed by atoms with van der Waals surface area (Å²) in [5.41, 5.74) is 2.66. The number of phenols is 1. The number of phenolic OH excluding ortho intramolecular Hbond substituents is 1. The summed E-state index contributed by atoms with van der Waals surface area (Å²) in [7, 11) is 2.95. The Bertz CT molecular complexity index is 1810. The lowest BCUT2D eigenvalue weighted by atomic mass is 9.54. The average Bonchev–Trinajstić information content (AvgIpc) is 3.51. The molecule has 0 aliphatic heterocycles. The van der Waals surface area contributed by atoms with Gasteiger partial charge in [-0.15, -0.1) is 11.3 Å². The maximum atomic E-state index is 14.3. The van der Waals surface area contributed by atoms with Gasteiger partial charge in [0.1, 0.15) is 22.8 Å². The summed E-state index contributed by atoms with van der Waals surface area (Å²) in [6.45, 7) is 3.94. The van der Waals surface area contributed by atoms with Crippen LogP contribution in [0.2, 0.25) is 0 Å². The number of nitrogens with zero attached hydrogens (tertiary/aromatic N) is 2. The van der Waals surface area contributed by atoms with Gasteiger partial charge in [0.05, 0.1) is 35.0 Å². The highest BCUT2D eigenvalue weighted by molar-refractivity contribution is 7.13. The molecule has 2 bridgehead atoms. The average molecular weight is 693 g/mol. The third-order valence-corrected chi connectivity index (χ3v) is 13.0. The number of thiazole rings is 1. The van der Waals surface area contributed by atoms with Gasteiger partial charge in [-0.3, -0.25) is 19.3 Å². The van der Waals surface area contributed by atoms with Crippen molar-refractivity contribution in [1.82, 2.24) is 9.88 Å². The van der Waals surface area contributed by atoms with E-state index in [-0.39, 0.29) is 17.0 Å². The van der Waals surface area contributed by atoms with Crippen molar-refractivity contribution < 1.29 is 39.9 Å². The first-order chi connectivity index (χ1) is 23.2. The van der Waals surface area contributed by atoms with E-state index in [0.29, 0.717) is 22.5 Å². The first-order valence-corrected chi connectivity index (χ1v) is 18.0. The van der Waals surface area contributed by atoms with Crippen LogP contribution in [0.25, 0.3) is 5.76 Å². The van der Waals surface area contributed by atoms with Crippen LogP contribution in [0.15, 0.2) is 34.4 Å². The fourth-order valence-electron chi connectivity index (χ4n) is 9.82. The summed E-state index contributed by atoms with van der Waals surface area (Å²) in [5.74, 6) is -6.72. The van der Waals surface area contributed by atoms with E-state index < -0.39 is 75.6 Å². The Morgan fingerprint density at radius 2 is 1.80 bits per heavy atom. The Hall–Kier alpha value is -3.78. The number of ketones is 2. The fraction of sp³-hybridized carbons (Fsp3) is 0.556. The first-order valence-electron chi connectivity index (χ1n) is 17.1. The van der Waals surface area contributed by atoms with Crippen molar-refractivity contribution >= 4 is 45.4 Å². The number of fused-ring (bicyclic) bond motifs is 5. The Morgan fingerprint density at radius 1 is 1.12 bits per heavy atom. The second-order valence-corrected chi connectivity index (χ2v) is 16.0. The lowest BCUT2D eigenvalue weighted by molar-refractivity contribution is -0.169. The van der Waals surface area contributed by atoms with Gasteiger partial charge in [-0.2, -0.15) is 0 Å². The number of aromatic hydroxyl groups is 1. The van der Waals surface area contributed by atoms with Crippen molar-refractivity contribution in [2.75, 3.05) is 19.4 Å². The van der Waals surface area contributed by atoms with E-state index in [1.165, 1.54) is 68.9 Å². The lowest BCUT2D eigenvalue weighted by Gasteiger charge is -2.53. The van der Waals surface area contributed by atoms with Gasteiger partial charge >= 0.3 is 0 Å². The van der Waals surface area contributed by atoms with Crippen LogP contribution < -0.4 is 11.1 Å². The summed E-state index contributed by atoms with van der Waals surface area (Å²) in [4.78, 5) is 46.1. The second-order valence-electron chi connectivity index (χ2n) is 15.1. The third-order valence-electron chi connectivity index (χ3n) is 12.2. The van der Waals surface area contributed by atoms with Crippen LogP contribution in [-0.4, -0.2) is 84.7 Å². The van der Waals surface area contributed by atoms with Crippen molar-refractivity contribution in [2.45, 2.75) is 82.0 Å². The molecule has 12 nitrogen and oxygen atoms in total. The molecule has 49 heavy (non-hydrogen) atoms. The van der Waals surface area contributed by atoms with E-state index in [1.54, 1.807) is 19.1 Å². The molecule has 3 saturated carbocycles. The predicted octanol–water partition coefficient (Wildman–Crippen LogP) is 4.02. The standard InChI is InChI=1S/C36H44N4O8S/c1-14(18-11-16-6-5-7-17(10-16)12-18)21-13-49-35(39-21)38-20-9-8-19-15(2)22-24(29(42)23(19)28(20)41)32(45)36(48)26(30(22)43)27(40(3)4)31(44)25(33(36)46)34(37)47/h8-9,13-18,22,26-27,30,41-43,46,48H,5-7,10-12H2,1-4H3,(H2,37,47)(H,38,39)/t14?,15-,16?,17?,18?,22+,26+,27-,30-,36-/m0/s1. The Morgan fingerprint density at radius 3 is 2.43 bits per heavy atom. The highest BCUT2D eigenvalue weighted by Gasteiger charge is 2.68. The molecule has 0 radical (unpaired) electrons. The number of aliphatic hydroxyl groups is 4. The van der Waals surface area contributed by atoms with Crippen LogP contribution in [0.4, 0.5) is 10.8 Å². The minimum absolute atomic E-state index is 0.0696. The number of likely N-dealkylation sites (N-methyl/N-ethyl adjacent to an activating group) is 1. The monoisotopic (exact) mass is 692 g/mol. The molecule has 1 heterocycles. The van der Waals surface area contributed by atoms with E-state index >= 15 is 0 Å². The number of hydrogen-bond donors (Lipinski definition) is 7. The number of nitrogens with one attached hydrogen (secondary N) is 1. The summed E-state index contributed by atoms with van der Waals surface area (Å²) in [6, 6.07) is 1.93. The molecule has 5 aliphatic carbocycles. The lowest BCUT2D eigenvalue weighted by Crippen LogP contribution is -2.70. The number of aromatic nitrogens is 1. The Balaban J connectivity index is 1.24. The minimum atomic E-state index is -2.96. The molecule has 3 unspecified atom stereocenters. The molecular weight excluding hydrogens is 648 g/mol. The molecule has 262 valence electrons. The van der Waals surface area contributed by atoms with Gasteiger partial charge in [0.25, 0.3) is 5.91 Å². The molecule has 0 saturated heterocycles. The maximum Gasteiger partial charge on any atom is 0.255 e. The zero-order valence-electron chi connectivity index (χ0n) is 28.0. The minimum Gasteiger partial charge on any atom is -0.508 e. The number of hydrogen-bond acceptors (Lipinski definition) is 12. The van der Waals surface area contributed by atoms with Crippen molar-refractivity contribution in [3.63, 3.8) is 0 Å². The SMILES string of the molecule is CC(c1csc(Nc2ccc3c(c2O)C(O)=C2C(=O)[C@]4(O)C(O)=C(C(N)=O)C(=O)[C@@H](N(C)C)[C@@H]4[C@@H](O)[C@@H]2[C@H]3C)n1)C1CC2CCCC(C2)C1. The van der Waals surface area contributed by atoms with Crippen LogP contribution in [0.5, 0.6) is 5.75 Å². The fourth-order valence-corrected chi connectivity index (χ4v) is 10.6. The number of aliphatic hydroxyl groups excluding tert-OH is 3. The molecule has 7 rings (SSSR count). The molecule has 1 aromatic carbocycles. The number of carbonyl (C=O) groups is 3. The van der Waals surface area contributed by atoms with Gasteiger partial charge in [-0.1, -0.05) is 39.2 Å². The number of Topliss-reactive ketones (excluding diaryl/α,β-unsaturated/α-hetero) is 2. The second kappa shape index (κ2) is 11.9. The predicted molar refractivity (Wildman–Crippen MR) is 182 cm³/mol. The topological polar surface area (TPSA) is 207 Å². The van der Waals surface area contributed by atoms with Crippen LogP contribution in [-0.2, 0) is 14.4 Å². The number of nitrogens with two attached hydrogens (primary N) is 1. The molecule has 2 aromatic rings. The van der Waals surface area contributed by atoms with Gasteiger partial charge in [-0.25, -0.2) is 4.98 Å². The highest BCUT2D eigenvalue weighted by Crippen LogP contribution is 2.57. The molecule has 13 heteroatoms. The molecular formula is C36H44N4O8S. The van der Waals surface area contributed by atoms with Crippen LogP contribution >= 0.6 is 11.3 Å². The molecule has 8 N–H and O–H groups in total. The van der Waals surface area contributed by atoms with Crippen molar-refractivity contribution in [3.05, 3.63) is 51.2 Å². The Labute approximate surface area is 288 Å². The molecule has 0 spiro atoms. The van der Waals surface area contributed by atoms with E-state index in [2.05, 4.69) is 12.2 Å². The number of anilines is 2. The van der Waals surface area contributed by atoms with Gasteiger partial charge in [-0.05, 0) is 68.7 Å². The molecule has 5 aliphatic rings. The van der Waals surface area contributed by atoms with E-state index in [4.69, 9.17) is 10.7 Å². The largest absolute Gasteiger partial charge is 0.508 e. The normalized spacial score (nSPS) is 34.8. The molecule has 1 amide bonds. The number of amides is 1. The van der Waals surface area contributed by atoms with E-state index in [1.807, 2.05) is 5.38 Å². The highest BCUT2D eigenvalue weighted by atomic mass is 32.1. The summed E-state index contributed by atoms with van der Waals surface area (Å²) < 4.78 is 0. The number of benzene rings is 1. The van der Waals surface area contributed by atoms with Gasteiger partial charge in [0.15, 0.2) is 16.5 Å². The van der Waals surface area contributed by atoms with E-state index in [0.717, 1.165) is 17.5 Å². The molecule has 1 aromatic heterocycles. The zero-order valence-corrected chi connectivity index (χ0v) is 28.8. The van der Waals surface area contributed by atoms with Gasteiger partial charge < -0.3 is 36.6 Å².